The van der Waals surface area contributed by atoms with E-state index in [4.69, 9.17) is 5.11 Å². The van der Waals surface area contributed by atoms with Crippen molar-refractivity contribution in [1.82, 2.24) is 10.6 Å². The van der Waals surface area contributed by atoms with Crippen LogP contribution in [0.4, 0.5) is 0 Å². The predicted molar refractivity (Wildman–Crippen MR) is 52.6 cm³/mol. The van der Waals surface area contributed by atoms with Crippen molar-refractivity contribution in [3.05, 3.63) is 0 Å². The number of hydrogen-bond acceptors (Lipinski definition) is 3. The maximum atomic E-state index is 9.15. The van der Waals surface area contributed by atoms with Crippen LogP contribution in [0.3, 0.4) is 0 Å². The van der Waals surface area contributed by atoms with Gasteiger partial charge in [0.05, 0.1) is 0 Å². The van der Waals surface area contributed by atoms with Gasteiger partial charge in [-0.3, -0.25) is 0 Å². The van der Waals surface area contributed by atoms with Crippen LogP contribution in [0.1, 0.15) is 25.7 Å². The van der Waals surface area contributed by atoms with E-state index in [-0.39, 0.29) is 0 Å². The van der Waals surface area contributed by atoms with Crippen LogP contribution in [0, 0.1) is 5.92 Å². The molecular formula is C10H20N2O. The molecular weight excluding hydrogens is 164 g/mol. The topological polar surface area (TPSA) is 44.3 Å². The van der Waals surface area contributed by atoms with E-state index in [0.717, 1.165) is 13.1 Å². The van der Waals surface area contributed by atoms with Crippen molar-refractivity contribution in [3.63, 3.8) is 0 Å². The fraction of sp³-hybridized carbons (Fsp3) is 1.00. The van der Waals surface area contributed by atoms with Gasteiger partial charge in [0.1, 0.15) is 0 Å². The van der Waals surface area contributed by atoms with Crippen LogP contribution < -0.4 is 10.6 Å². The Bertz CT molecular complexity index is 157. The van der Waals surface area contributed by atoms with Crippen molar-refractivity contribution < 1.29 is 5.11 Å². The smallest absolute Gasteiger partial charge is 0.0474 e. The molecule has 0 spiro atoms. The van der Waals surface area contributed by atoms with Crippen LogP contribution >= 0.6 is 0 Å². The Labute approximate surface area is 79.9 Å². The zero-order valence-corrected chi connectivity index (χ0v) is 8.13. The molecule has 2 rings (SSSR count). The van der Waals surface area contributed by atoms with Gasteiger partial charge in [-0.2, -0.15) is 0 Å². The largest absolute Gasteiger partial charge is 0.396 e. The van der Waals surface area contributed by atoms with Crippen molar-refractivity contribution in [1.29, 1.82) is 0 Å². The number of aliphatic hydroxyl groups excluding tert-OH is 1. The summed E-state index contributed by atoms with van der Waals surface area (Å²) in [5.74, 6) is 0.514. The normalized spacial score (nSPS) is 39.9. The third kappa shape index (κ3) is 2.22. The lowest BCUT2D eigenvalue weighted by molar-refractivity contribution is 0.200. The summed E-state index contributed by atoms with van der Waals surface area (Å²) < 4.78 is 0. The van der Waals surface area contributed by atoms with Crippen molar-refractivity contribution >= 4 is 0 Å². The van der Waals surface area contributed by atoms with E-state index < -0.39 is 0 Å². The summed E-state index contributed by atoms with van der Waals surface area (Å²) in [6, 6.07) is 1.23. The minimum absolute atomic E-state index is 0.359. The number of hydrogen-bond donors (Lipinski definition) is 3. The Morgan fingerprint density at radius 1 is 1.31 bits per heavy atom. The van der Waals surface area contributed by atoms with Crippen LogP contribution in [0.25, 0.3) is 0 Å². The van der Waals surface area contributed by atoms with E-state index >= 15 is 0 Å². The van der Waals surface area contributed by atoms with E-state index in [2.05, 4.69) is 10.6 Å². The van der Waals surface area contributed by atoms with Gasteiger partial charge in [-0.25, -0.2) is 0 Å². The second-order valence-electron chi connectivity index (χ2n) is 4.34. The van der Waals surface area contributed by atoms with Gasteiger partial charge in [-0.15, -0.1) is 0 Å². The Kier molecular flexibility index (Phi) is 3.19. The molecule has 1 saturated carbocycles. The van der Waals surface area contributed by atoms with Gasteiger partial charge in [0.2, 0.25) is 0 Å². The summed E-state index contributed by atoms with van der Waals surface area (Å²) in [7, 11) is 0. The molecule has 0 aromatic carbocycles. The average molecular weight is 184 g/mol. The van der Waals surface area contributed by atoms with Crippen LogP contribution in [0.15, 0.2) is 0 Å². The summed E-state index contributed by atoms with van der Waals surface area (Å²) in [5.41, 5.74) is 0. The van der Waals surface area contributed by atoms with Gasteiger partial charge >= 0.3 is 0 Å². The zero-order chi connectivity index (χ0) is 9.10. The molecule has 0 amide bonds. The van der Waals surface area contributed by atoms with E-state index in [9.17, 15) is 0 Å². The van der Waals surface area contributed by atoms with Gasteiger partial charge in [0.15, 0.2) is 0 Å². The molecule has 3 atom stereocenters. The fourth-order valence-electron chi connectivity index (χ4n) is 2.57. The van der Waals surface area contributed by atoms with Crippen LogP contribution in [0.5, 0.6) is 0 Å². The molecule has 0 aromatic rings. The van der Waals surface area contributed by atoms with Crippen molar-refractivity contribution in [2.24, 2.45) is 5.92 Å². The van der Waals surface area contributed by atoms with Crippen LogP contribution in [0.2, 0.25) is 0 Å². The summed E-state index contributed by atoms with van der Waals surface area (Å²) in [4.78, 5) is 0. The second kappa shape index (κ2) is 4.40. The highest BCUT2D eigenvalue weighted by Gasteiger charge is 2.28. The molecule has 3 heteroatoms. The molecule has 0 aromatic heterocycles. The Morgan fingerprint density at radius 2 is 2.23 bits per heavy atom. The van der Waals surface area contributed by atoms with Crippen molar-refractivity contribution in [2.75, 3.05) is 19.7 Å². The van der Waals surface area contributed by atoms with Crippen LogP contribution in [-0.4, -0.2) is 36.9 Å². The highest BCUT2D eigenvalue weighted by Crippen LogP contribution is 2.25. The molecule has 3 unspecified atom stereocenters. The first-order valence-corrected chi connectivity index (χ1v) is 5.48. The van der Waals surface area contributed by atoms with Gasteiger partial charge in [0.25, 0.3) is 0 Å². The highest BCUT2D eigenvalue weighted by atomic mass is 16.3. The first-order chi connectivity index (χ1) is 6.40. The zero-order valence-electron chi connectivity index (χ0n) is 8.13. The molecule has 0 radical (unpaired) electrons. The number of aliphatic hydroxyl groups is 1. The molecule has 1 aliphatic carbocycles. The molecule has 3 N–H and O–H groups in total. The first kappa shape index (κ1) is 9.44. The summed E-state index contributed by atoms with van der Waals surface area (Å²) in [6.07, 6.45) is 4.98. The van der Waals surface area contributed by atoms with Crippen molar-refractivity contribution in [2.45, 2.75) is 37.8 Å². The lowest BCUT2D eigenvalue weighted by Gasteiger charge is -2.22. The standard InChI is InChI=1S/C10H20N2O/c13-7-8-2-1-3-10(8)12-9-4-5-11-6-9/h8-13H,1-7H2. The molecule has 0 bridgehead atoms. The fourth-order valence-corrected chi connectivity index (χ4v) is 2.57. The van der Waals surface area contributed by atoms with E-state index in [0.29, 0.717) is 24.6 Å². The number of rotatable bonds is 3. The highest BCUT2D eigenvalue weighted by molar-refractivity contribution is 4.88. The average Bonchev–Trinajstić information content (AvgIpc) is 2.76. The van der Waals surface area contributed by atoms with Gasteiger partial charge in [-0.1, -0.05) is 6.42 Å². The Balaban J connectivity index is 1.79. The molecule has 1 saturated heterocycles. The second-order valence-corrected chi connectivity index (χ2v) is 4.34. The van der Waals surface area contributed by atoms with Crippen molar-refractivity contribution in [3.8, 4) is 0 Å². The van der Waals surface area contributed by atoms with E-state index in [1.807, 2.05) is 0 Å². The molecule has 76 valence electrons. The first-order valence-electron chi connectivity index (χ1n) is 5.48. The SMILES string of the molecule is OCC1CCCC1NC1CCNC1. The maximum absolute atomic E-state index is 9.15. The quantitative estimate of drug-likeness (QED) is 0.583. The van der Waals surface area contributed by atoms with Gasteiger partial charge in [0, 0.05) is 25.2 Å². The molecule has 1 heterocycles. The summed E-state index contributed by atoms with van der Waals surface area (Å²) >= 11 is 0. The summed E-state index contributed by atoms with van der Waals surface area (Å²) in [6.45, 7) is 2.61. The van der Waals surface area contributed by atoms with Gasteiger partial charge < -0.3 is 15.7 Å². The Hall–Kier alpha value is -0.120. The number of nitrogens with one attached hydrogen (secondary N) is 2. The van der Waals surface area contributed by atoms with E-state index in [1.165, 1.54) is 25.7 Å². The lowest BCUT2D eigenvalue weighted by atomic mass is 10.0. The van der Waals surface area contributed by atoms with E-state index in [1.54, 1.807) is 0 Å². The maximum Gasteiger partial charge on any atom is 0.0474 e. The molecule has 1 aliphatic heterocycles. The van der Waals surface area contributed by atoms with Crippen LogP contribution in [-0.2, 0) is 0 Å². The molecule has 2 aliphatic rings. The minimum Gasteiger partial charge on any atom is -0.396 e. The molecule has 3 nitrogen and oxygen atoms in total. The third-order valence-corrected chi connectivity index (χ3v) is 3.40. The minimum atomic E-state index is 0.359. The molecule has 13 heavy (non-hydrogen) atoms. The Morgan fingerprint density at radius 3 is 2.92 bits per heavy atom. The predicted octanol–water partition coefficient (Wildman–Crippen LogP) is 0.0989. The monoisotopic (exact) mass is 184 g/mol. The van der Waals surface area contributed by atoms with Gasteiger partial charge in [-0.05, 0) is 31.7 Å². The molecule has 2 fully saturated rings. The lowest BCUT2D eigenvalue weighted by Crippen LogP contribution is -2.42. The third-order valence-electron chi connectivity index (χ3n) is 3.40. The summed E-state index contributed by atoms with van der Waals surface area (Å²) in [5, 5.41) is 16.2.